The summed E-state index contributed by atoms with van der Waals surface area (Å²) in [5.41, 5.74) is 8.28. The molecule has 1 heterocycles. The van der Waals surface area contributed by atoms with Gasteiger partial charge in [0.1, 0.15) is 5.71 Å². The highest BCUT2D eigenvalue weighted by molar-refractivity contribution is 6.39. The molecule has 0 aromatic heterocycles. The highest BCUT2D eigenvalue weighted by Gasteiger charge is 2.32. The lowest BCUT2D eigenvalue weighted by molar-refractivity contribution is -0.121. The molecule has 1 saturated carbocycles. The van der Waals surface area contributed by atoms with E-state index in [-0.39, 0.29) is 17.9 Å². The predicted octanol–water partition coefficient (Wildman–Crippen LogP) is -0.894. The van der Waals surface area contributed by atoms with E-state index in [4.69, 9.17) is 5.73 Å². The van der Waals surface area contributed by atoms with Crippen LogP contribution in [0.15, 0.2) is 5.10 Å². The molecule has 4 N–H and O–H groups in total. The second-order valence-electron chi connectivity index (χ2n) is 4.25. The Morgan fingerprint density at radius 1 is 1.56 bits per heavy atom. The number of hydrogen-bond acceptors (Lipinski definition) is 4. The molecule has 0 saturated heterocycles. The summed E-state index contributed by atoms with van der Waals surface area (Å²) in [7, 11) is 0. The van der Waals surface area contributed by atoms with Gasteiger partial charge < -0.3 is 11.1 Å². The van der Waals surface area contributed by atoms with Gasteiger partial charge in [0, 0.05) is 25.4 Å². The zero-order chi connectivity index (χ0) is 11.5. The quantitative estimate of drug-likeness (QED) is 0.577. The first-order chi connectivity index (χ1) is 7.70. The van der Waals surface area contributed by atoms with Crippen molar-refractivity contribution < 1.29 is 9.59 Å². The average molecular weight is 224 g/mol. The van der Waals surface area contributed by atoms with Crippen molar-refractivity contribution >= 4 is 17.5 Å². The molecule has 1 aliphatic heterocycles. The monoisotopic (exact) mass is 224 g/mol. The first-order valence-corrected chi connectivity index (χ1v) is 5.57. The Morgan fingerprint density at radius 2 is 2.31 bits per heavy atom. The van der Waals surface area contributed by atoms with Gasteiger partial charge in [-0.15, -0.1) is 0 Å². The highest BCUT2D eigenvalue weighted by atomic mass is 16.2. The molecule has 16 heavy (non-hydrogen) atoms. The van der Waals surface area contributed by atoms with Gasteiger partial charge in [0.2, 0.25) is 5.91 Å². The Labute approximate surface area is 93.6 Å². The van der Waals surface area contributed by atoms with Crippen molar-refractivity contribution in [1.82, 2.24) is 10.7 Å². The molecular formula is C10H16N4O2. The van der Waals surface area contributed by atoms with Crippen LogP contribution < -0.4 is 16.5 Å². The van der Waals surface area contributed by atoms with Gasteiger partial charge in [0.25, 0.3) is 5.91 Å². The molecule has 6 nitrogen and oxygen atoms in total. The number of hydrazone groups is 1. The second kappa shape index (κ2) is 4.61. The van der Waals surface area contributed by atoms with Crippen LogP contribution in [0.3, 0.4) is 0 Å². The van der Waals surface area contributed by atoms with Gasteiger partial charge in [-0.05, 0) is 18.8 Å². The largest absolute Gasteiger partial charge is 0.347 e. The predicted molar refractivity (Wildman–Crippen MR) is 58.5 cm³/mol. The number of carbonyl (C=O) groups is 2. The van der Waals surface area contributed by atoms with Crippen molar-refractivity contribution in [3.05, 3.63) is 0 Å². The van der Waals surface area contributed by atoms with Gasteiger partial charge in [0.05, 0.1) is 0 Å². The smallest absolute Gasteiger partial charge is 0.267 e. The standard InChI is InChI=1S/C10H16N4O2/c11-5-8(6-1-2-6)12-10(16)7-3-4-9(15)14-13-7/h6,8H,1-5,11H2,(H,12,16)(H,14,15). The number of nitrogens with zero attached hydrogens (tertiary/aromatic N) is 1. The fourth-order valence-corrected chi connectivity index (χ4v) is 1.76. The van der Waals surface area contributed by atoms with Crippen LogP contribution >= 0.6 is 0 Å². The van der Waals surface area contributed by atoms with Gasteiger partial charge in [0.15, 0.2) is 0 Å². The van der Waals surface area contributed by atoms with Crippen molar-refractivity contribution in [3.8, 4) is 0 Å². The topological polar surface area (TPSA) is 96.6 Å². The Morgan fingerprint density at radius 3 is 2.81 bits per heavy atom. The molecule has 2 amide bonds. The van der Waals surface area contributed by atoms with Gasteiger partial charge in [-0.25, -0.2) is 5.43 Å². The molecule has 2 aliphatic rings. The zero-order valence-corrected chi connectivity index (χ0v) is 9.03. The average Bonchev–Trinajstić information content (AvgIpc) is 3.10. The van der Waals surface area contributed by atoms with Crippen LogP contribution in [0, 0.1) is 5.92 Å². The molecule has 1 fully saturated rings. The Balaban J connectivity index is 1.89. The summed E-state index contributed by atoms with van der Waals surface area (Å²) in [5.74, 6) is 0.171. The Hall–Kier alpha value is -1.43. The van der Waals surface area contributed by atoms with Crippen LogP contribution in [0.25, 0.3) is 0 Å². The highest BCUT2D eigenvalue weighted by Crippen LogP contribution is 2.32. The molecule has 0 bridgehead atoms. The van der Waals surface area contributed by atoms with Crippen molar-refractivity contribution in [2.24, 2.45) is 16.8 Å². The molecule has 0 radical (unpaired) electrons. The first kappa shape index (κ1) is 11.1. The van der Waals surface area contributed by atoms with E-state index in [0.29, 0.717) is 31.0 Å². The Kier molecular flexibility index (Phi) is 3.19. The summed E-state index contributed by atoms with van der Waals surface area (Å²) in [6, 6.07) is 0.0489. The summed E-state index contributed by atoms with van der Waals surface area (Å²) in [5, 5.41) is 6.61. The maximum Gasteiger partial charge on any atom is 0.267 e. The zero-order valence-electron chi connectivity index (χ0n) is 9.03. The van der Waals surface area contributed by atoms with E-state index in [1.807, 2.05) is 0 Å². The summed E-state index contributed by atoms with van der Waals surface area (Å²) in [4.78, 5) is 22.6. The number of rotatable bonds is 4. The van der Waals surface area contributed by atoms with Crippen LogP contribution in [-0.2, 0) is 9.59 Å². The molecule has 1 unspecified atom stereocenters. The van der Waals surface area contributed by atoms with Crippen molar-refractivity contribution in [2.45, 2.75) is 31.7 Å². The van der Waals surface area contributed by atoms with Gasteiger partial charge in [-0.1, -0.05) is 0 Å². The Bertz CT molecular complexity index is 336. The summed E-state index contributed by atoms with van der Waals surface area (Å²) in [6.07, 6.45) is 2.99. The summed E-state index contributed by atoms with van der Waals surface area (Å²) >= 11 is 0. The minimum atomic E-state index is -0.206. The molecule has 0 aromatic rings. The molecule has 1 atom stereocenters. The van der Waals surface area contributed by atoms with Crippen LogP contribution in [0.1, 0.15) is 25.7 Å². The third-order valence-electron chi connectivity index (χ3n) is 2.93. The maximum absolute atomic E-state index is 11.8. The SMILES string of the molecule is NCC(NC(=O)C1=NNC(=O)CC1)C1CC1. The molecule has 6 heteroatoms. The molecule has 1 aliphatic carbocycles. The van der Waals surface area contributed by atoms with E-state index >= 15 is 0 Å². The van der Waals surface area contributed by atoms with E-state index in [2.05, 4.69) is 15.8 Å². The molecule has 0 spiro atoms. The van der Waals surface area contributed by atoms with E-state index < -0.39 is 0 Å². The molecule has 0 aromatic carbocycles. The van der Waals surface area contributed by atoms with E-state index in [9.17, 15) is 9.59 Å². The van der Waals surface area contributed by atoms with Gasteiger partial charge >= 0.3 is 0 Å². The normalized spacial score (nSPS) is 22.1. The lowest BCUT2D eigenvalue weighted by atomic mass is 10.1. The minimum Gasteiger partial charge on any atom is -0.347 e. The third kappa shape index (κ3) is 2.57. The van der Waals surface area contributed by atoms with Gasteiger partial charge in [-0.2, -0.15) is 5.10 Å². The van der Waals surface area contributed by atoms with Crippen molar-refractivity contribution in [1.29, 1.82) is 0 Å². The second-order valence-corrected chi connectivity index (χ2v) is 4.25. The van der Waals surface area contributed by atoms with Crippen LogP contribution in [0.4, 0.5) is 0 Å². The van der Waals surface area contributed by atoms with E-state index in [1.54, 1.807) is 0 Å². The summed E-state index contributed by atoms with van der Waals surface area (Å²) in [6.45, 7) is 0.454. The number of hydrogen-bond donors (Lipinski definition) is 3. The number of carbonyl (C=O) groups excluding carboxylic acids is 2. The number of nitrogens with two attached hydrogens (primary N) is 1. The number of nitrogens with one attached hydrogen (secondary N) is 2. The first-order valence-electron chi connectivity index (χ1n) is 5.57. The van der Waals surface area contributed by atoms with Crippen molar-refractivity contribution in [2.75, 3.05) is 6.54 Å². The molecule has 2 rings (SSSR count). The molecular weight excluding hydrogens is 208 g/mol. The van der Waals surface area contributed by atoms with Crippen LogP contribution in [-0.4, -0.2) is 30.1 Å². The fourth-order valence-electron chi connectivity index (χ4n) is 1.76. The van der Waals surface area contributed by atoms with Gasteiger partial charge in [-0.3, -0.25) is 9.59 Å². The van der Waals surface area contributed by atoms with E-state index in [0.717, 1.165) is 12.8 Å². The minimum absolute atomic E-state index is 0.0489. The number of amides is 2. The van der Waals surface area contributed by atoms with Crippen LogP contribution in [0.5, 0.6) is 0 Å². The van der Waals surface area contributed by atoms with Crippen LogP contribution in [0.2, 0.25) is 0 Å². The fraction of sp³-hybridized carbons (Fsp3) is 0.700. The summed E-state index contributed by atoms with van der Waals surface area (Å²) < 4.78 is 0. The van der Waals surface area contributed by atoms with E-state index in [1.165, 1.54) is 0 Å². The maximum atomic E-state index is 11.8. The lowest BCUT2D eigenvalue weighted by Crippen LogP contribution is -2.46. The third-order valence-corrected chi connectivity index (χ3v) is 2.93. The lowest BCUT2D eigenvalue weighted by Gasteiger charge is -2.18. The van der Waals surface area contributed by atoms with Crippen molar-refractivity contribution in [3.63, 3.8) is 0 Å². The molecule has 88 valence electrons.